The molecule has 0 spiro atoms. The molecular formula is C23H19FN6O. The topological polar surface area (TPSA) is 91.1 Å². The first kappa shape index (κ1) is 20.0. The van der Waals surface area contributed by atoms with Gasteiger partial charge in [-0.3, -0.25) is 4.79 Å². The second kappa shape index (κ2) is 8.58. The summed E-state index contributed by atoms with van der Waals surface area (Å²) < 4.78 is 17.8. The van der Waals surface area contributed by atoms with Gasteiger partial charge in [-0.05, 0) is 49.0 Å². The Kier molecular flexibility index (Phi) is 5.53. The molecule has 7 nitrogen and oxygen atoms in total. The largest absolute Gasteiger partial charge is 0.404 e. The molecule has 154 valence electrons. The van der Waals surface area contributed by atoms with Crippen molar-refractivity contribution in [3.63, 3.8) is 0 Å². The van der Waals surface area contributed by atoms with E-state index in [1.165, 1.54) is 29.2 Å². The minimum Gasteiger partial charge on any atom is -0.404 e. The van der Waals surface area contributed by atoms with Crippen LogP contribution in [-0.4, -0.2) is 25.3 Å². The van der Waals surface area contributed by atoms with Crippen molar-refractivity contribution < 1.29 is 4.39 Å². The molecule has 0 fully saturated rings. The molecule has 0 bridgehead atoms. The number of nitrogens with two attached hydrogens (primary N) is 1. The fraction of sp³-hybridized carbons (Fsp3) is 0.0435. The molecule has 0 aliphatic carbocycles. The first-order valence-corrected chi connectivity index (χ1v) is 9.50. The Labute approximate surface area is 177 Å². The molecule has 2 N–H and O–H groups in total. The number of hydrogen-bond donors (Lipinski definition) is 1. The maximum absolute atomic E-state index is 14.9. The second-order valence-corrected chi connectivity index (χ2v) is 6.71. The van der Waals surface area contributed by atoms with Crippen LogP contribution >= 0.6 is 0 Å². The highest BCUT2D eigenvalue weighted by molar-refractivity contribution is 6.11. The fourth-order valence-electron chi connectivity index (χ4n) is 2.99. The lowest BCUT2D eigenvalue weighted by Crippen LogP contribution is -2.22. The van der Waals surface area contributed by atoms with Crippen molar-refractivity contribution in [3.05, 3.63) is 113 Å². The van der Waals surface area contributed by atoms with Crippen LogP contribution in [0.25, 0.3) is 11.4 Å². The normalized spacial score (nSPS) is 12.2. The Bertz CT molecular complexity index is 1320. The van der Waals surface area contributed by atoms with E-state index >= 15 is 0 Å². The van der Waals surface area contributed by atoms with Gasteiger partial charge in [0, 0.05) is 30.7 Å². The minimum absolute atomic E-state index is 0.0705. The van der Waals surface area contributed by atoms with E-state index in [4.69, 9.17) is 5.73 Å². The molecule has 2 heterocycles. The van der Waals surface area contributed by atoms with Crippen molar-refractivity contribution in [2.24, 2.45) is 10.7 Å². The Morgan fingerprint density at radius 2 is 1.87 bits per heavy atom. The first-order valence-electron chi connectivity index (χ1n) is 9.50. The van der Waals surface area contributed by atoms with Gasteiger partial charge in [-0.1, -0.05) is 18.2 Å². The molecular weight excluding hydrogens is 395 g/mol. The third-order valence-electron chi connectivity index (χ3n) is 4.60. The van der Waals surface area contributed by atoms with Crippen molar-refractivity contribution in [1.29, 1.82) is 0 Å². The van der Waals surface area contributed by atoms with E-state index in [1.807, 2.05) is 18.2 Å². The van der Waals surface area contributed by atoms with E-state index in [9.17, 15) is 9.18 Å². The maximum atomic E-state index is 14.9. The van der Waals surface area contributed by atoms with Crippen LogP contribution in [0.1, 0.15) is 12.6 Å². The van der Waals surface area contributed by atoms with Gasteiger partial charge in [0.25, 0.3) is 0 Å². The lowest BCUT2D eigenvalue weighted by atomic mass is 10.1. The molecule has 2 aromatic heterocycles. The van der Waals surface area contributed by atoms with Gasteiger partial charge in [-0.2, -0.15) is 10.2 Å². The summed E-state index contributed by atoms with van der Waals surface area (Å²) >= 11 is 0. The summed E-state index contributed by atoms with van der Waals surface area (Å²) in [6.45, 7) is 1.74. The number of benzene rings is 2. The molecule has 0 saturated carbocycles. The minimum atomic E-state index is -0.511. The highest BCUT2D eigenvalue weighted by Gasteiger charge is 2.15. The molecule has 4 rings (SSSR count). The van der Waals surface area contributed by atoms with E-state index in [1.54, 1.807) is 54.3 Å². The summed E-state index contributed by atoms with van der Waals surface area (Å²) in [5, 5.41) is 8.48. The average Bonchev–Trinajstić information content (AvgIpc) is 3.33. The fourth-order valence-corrected chi connectivity index (χ4v) is 2.99. The maximum Gasteiger partial charge on any atom is 0.209 e. The molecule has 31 heavy (non-hydrogen) atoms. The standard InChI is InChI=1S/C23H19FN6O/c1-16(15-25)22(27-17-6-3-2-4-7-17)23-21(31)10-13-30(28-23)20-9-8-18(14-19(20)24)29-12-5-11-26-29/h2-15H,25H2,1H3. The van der Waals surface area contributed by atoms with Crippen LogP contribution in [0.5, 0.6) is 0 Å². The highest BCUT2D eigenvalue weighted by atomic mass is 19.1. The van der Waals surface area contributed by atoms with Gasteiger partial charge in [-0.25, -0.2) is 18.7 Å². The predicted octanol–water partition coefficient (Wildman–Crippen LogP) is 3.54. The zero-order valence-electron chi connectivity index (χ0n) is 16.7. The second-order valence-electron chi connectivity index (χ2n) is 6.71. The molecule has 0 aliphatic rings. The summed E-state index contributed by atoms with van der Waals surface area (Å²) in [6, 6.07) is 16.9. The third kappa shape index (κ3) is 4.18. The summed E-state index contributed by atoms with van der Waals surface area (Å²) in [7, 11) is 0. The first-order chi connectivity index (χ1) is 15.1. The molecule has 0 radical (unpaired) electrons. The number of para-hydroxylation sites is 1. The smallest absolute Gasteiger partial charge is 0.209 e. The van der Waals surface area contributed by atoms with Gasteiger partial charge in [0.2, 0.25) is 5.43 Å². The van der Waals surface area contributed by atoms with E-state index in [2.05, 4.69) is 15.2 Å². The Morgan fingerprint density at radius 3 is 2.55 bits per heavy atom. The summed E-state index contributed by atoms with van der Waals surface area (Å²) in [5.41, 5.74) is 7.72. The van der Waals surface area contributed by atoms with Gasteiger partial charge in [-0.15, -0.1) is 0 Å². The van der Waals surface area contributed by atoms with Crippen molar-refractivity contribution in [2.45, 2.75) is 6.92 Å². The van der Waals surface area contributed by atoms with E-state index < -0.39 is 5.82 Å². The number of nitrogens with zero attached hydrogens (tertiary/aromatic N) is 5. The Balaban J connectivity index is 1.81. The van der Waals surface area contributed by atoms with Crippen LogP contribution in [0.2, 0.25) is 0 Å². The number of halogens is 1. The van der Waals surface area contributed by atoms with Crippen LogP contribution in [0.4, 0.5) is 10.1 Å². The zero-order valence-corrected chi connectivity index (χ0v) is 16.7. The van der Waals surface area contributed by atoms with Gasteiger partial charge in [0.1, 0.15) is 5.69 Å². The molecule has 0 saturated heterocycles. The molecule has 0 amide bonds. The quantitative estimate of drug-likeness (QED) is 0.506. The van der Waals surface area contributed by atoms with Crippen LogP contribution in [0.3, 0.4) is 0 Å². The van der Waals surface area contributed by atoms with Crippen molar-refractivity contribution >= 4 is 11.4 Å². The average molecular weight is 414 g/mol. The number of aromatic nitrogens is 4. The van der Waals surface area contributed by atoms with Gasteiger partial charge in [0.05, 0.1) is 17.1 Å². The molecule has 0 unspecified atom stereocenters. The third-order valence-corrected chi connectivity index (χ3v) is 4.60. The van der Waals surface area contributed by atoms with Crippen molar-refractivity contribution in [1.82, 2.24) is 19.6 Å². The van der Waals surface area contributed by atoms with E-state index in [-0.39, 0.29) is 16.8 Å². The van der Waals surface area contributed by atoms with Crippen LogP contribution in [-0.2, 0) is 0 Å². The Hall–Kier alpha value is -4.33. The van der Waals surface area contributed by atoms with Gasteiger partial charge in [0.15, 0.2) is 11.5 Å². The van der Waals surface area contributed by atoms with E-state index in [0.717, 1.165) is 0 Å². The molecule has 0 atom stereocenters. The molecule has 2 aromatic carbocycles. The molecule has 0 aliphatic heterocycles. The molecule has 4 aromatic rings. The number of aliphatic imine (C=N–C) groups is 1. The van der Waals surface area contributed by atoms with Crippen LogP contribution < -0.4 is 11.2 Å². The lowest BCUT2D eigenvalue weighted by molar-refractivity contribution is 0.606. The van der Waals surface area contributed by atoms with Crippen molar-refractivity contribution in [3.8, 4) is 11.4 Å². The monoisotopic (exact) mass is 414 g/mol. The number of allylic oxidation sites excluding steroid dienone is 1. The number of hydrogen-bond acceptors (Lipinski definition) is 5. The van der Waals surface area contributed by atoms with Gasteiger partial charge < -0.3 is 5.73 Å². The highest BCUT2D eigenvalue weighted by Crippen LogP contribution is 2.18. The van der Waals surface area contributed by atoms with E-state index in [0.29, 0.717) is 22.7 Å². The van der Waals surface area contributed by atoms with Crippen molar-refractivity contribution in [2.75, 3.05) is 0 Å². The van der Waals surface area contributed by atoms with Crippen LogP contribution in [0, 0.1) is 5.82 Å². The SMILES string of the molecule is CC(=CN)C(=Nc1ccccc1)c1nn(-c2ccc(-n3cccn3)cc2F)ccc1=O. The van der Waals surface area contributed by atoms with Gasteiger partial charge >= 0.3 is 0 Å². The van der Waals surface area contributed by atoms with Crippen LogP contribution in [0.15, 0.2) is 101 Å². The summed E-state index contributed by atoms with van der Waals surface area (Å²) in [4.78, 5) is 17.2. The lowest BCUT2D eigenvalue weighted by Gasteiger charge is -2.11. The molecule has 8 heteroatoms. The number of rotatable bonds is 5. The summed E-state index contributed by atoms with van der Waals surface area (Å²) in [6.07, 6.45) is 6.11. The predicted molar refractivity (Wildman–Crippen MR) is 117 cm³/mol. The zero-order chi connectivity index (χ0) is 21.8. The summed E-state index contributed by atoms with van der Waals surface area (Å²) in [5.74, 6) is -0.511. The Morgan fingerprint density at radius 1 is 1.06 bits per heavy atom.